The van der Waals surface area contributed by atoms with E-state index in [1.165, 1.54) is 19.3 Å². The van der Waals surface area contributed by atoms with Crippen molar-refractivity contribution in [2.75, 3.05) is 0 Å². The number of aliphatic hydroxyl groups is 1. The summed E-state index contributed by atoms with van der Waals surface area (Å²) in [6.07, 6.45) is 4.22. The molecule has 0 aromatic heterocycles. The third kappa shape index (κ3) is 0.389. The van der Waals surface area contributed by atoms with Gasteiger partial charge in [-0.05, 0) is 42.9 Å². The Morgan fingerprint density at radius 3 is 1.78 bits per heavy atom. The fourth-order valence-electron chi connectivity index (χ4n) is 3.20. The molecule has 0 saturated heterocycles. The van der Waals surface area contributed by atoms with Crippen LogP contribution in [-0.4, -0.2) is 11.2 Å². The van der Waals surface area contributed by atoms with E-state index in [1.54, 1.807) is 0 Å². The van der Waals surface area contributed by atoms with Gasteiger partial charge in [-0.25, -0.2) is 0 Å². The van der Waals surface area contributed by atoms with Crippen LogP contribution in [-0.2, 0) is 0 Å². The van der Waals surface area contributed by atoms with Gasteiger partial charge in [-0.2, -0.15) is 0 Å². The predicted octanol–water partition coefficient (Wildman–Crippen LogP) is 1.02. The highest BCUT2D eigenvalue weighted by Gasteiger charge is 2.62. The second-order valence-electron chi connectivity index (χ2n) is 3.96. The van der Waals surface area contributed by atoms with Crippen molar-refractivity contribution in [2.24, 2.45) is 23.7 Å². The smallest absolute Gasteiger partial charge is 0.0602 e. The van der Waals surface area contributed by atoms with Crippen molar-refractivity contribution < 1.29 is 5.11 Å². The van der Waals surface area contributed by atoms with Crippen molar-refractivity contribution >= 4 is 0 Å². The Labute approximate surface area is 55.1 Å². The topological polar surface area (TPSA) is 20.2 Å². The average Bonchev–Trinajstić information content (AvgIpc) is 2.53. The maximum Gasteiger partial charge on any atom is 0.0602 e. The Balaban J connectivity index is 2.00. The first-order chi connectivity index (χ1) is 4.38. The van der Waals surface area contributed by atoms with Gasteiger partial charge in [0.25, 0.3) is 0 Å². The van der Waals surface area contributed by atoms with Gasteiger partial charge in [-0.15, -0.1) is 0 Å². The van der Waals surface area contributed by atoms with E-state index in [-0.39, 0.29) is 6.10 Å². The van der Waals surface area contributed by atoms with Gasteiger partial charge in [0.05, 0.1) is 6.10 Å². The van der Waals surface area contributed by atoms with Crippen molar-refractivity contribution in [2.45, 2.75) is 25.4 Å². The maximum absolute atomic E-state index is 9.53. The third-order valence-corrected chi connectivity index (χ3v) is 3.70. The first kappa shape index (κ1) is 4.73. The number of aliphatic hydroxyl groups excluding tert-OH is 1. The molecule has 0 aromatic carbocycles. The van der Waals surface area contributed by atoms with Crippen molar-refractivity contribution in [1.82, 2.24) is 0 Å². The molecule has 3 rings (SSSR count). The van der Waals surface area contributed by atoms with E-state index in [2.05, 4.69) is 0 Å². The molecule has 0 radical (unpaired) electrons. The summed E-state index contributed by atoms with van der Waals surface area (Å²) in [5.41, 5.74) is 0. The standard InChI is InChI=1S/C8H12O/c9-8-4-1-2-5(8)7-3-6(4)7/h4-9H,1-3H2/t4-,5+,6-,7+,8?. The van der Waals surface area contributed by atoms with Crippen LogP contribution in [0.4, 0.5) is 0 Å². The summed E-state index contributed by atoms with van der Waals surface area (Å²) in [6.45, 7) is 0. The third-order valence-electron chi connectivity index (χ3n) is 3.70. The monoisotopic (exact) mass is 124 g/mol. The molecule has 0 amide bonds. The van der Waals surface area contributed by atoms with Crippen LogP contribution in [0.2, 0.25) is 0 Å². The lowest BCUT2D eigenvalue weighted by Crippen LogP contribution is -2.15. The highest BCUT2D eigenvalue weighted by atomic mass is 16.3. The molecule has 3 fully saturated rings. The molecular weight excluding hydrogens is 112 g/mol. The summed E-state index contributed by atoms with van der Waals surface area (Å²) >= 11 is 0. The fourth-order valence-corrected chi connectivity index (χ4v) is 3.20. The van der Waals surface area contributed by atoms with Crippen molar-refractivity contribution in [3.63, 3.8) is 0 Å². The van der Waals surface area contributed by atoms with Gasteiger partial charge >= 0.3 is 0 Å². The van der Waals surface area contributed by atoms with Gasteiger partial charge in [0.2, 0.25) is 0 Å². The molecule has 9 heavy (non-hydrogen) atoms. The second kappa shape index (κ2) is 1.20. The Morgan fingerprint density at radius 1 is 0.889 bits per heavy atom. The van der Waals surface area contributed by atoms with Crippen LogP contribution >= 0.6 is 0 Å². The molecule has 50 valence electrons. The first-order valence-corrected chi connectivity index (χ1v) is 4.06. The molecule has 5 atom stereocenters. The molecule has 2 bridgehead atoms. The largest absolute Gasteiger partial charge is 0.393 e. The summed E-state index contributed by atoms with van der Waals surface area (Å²) in [7, 11) is 0. The SMILES string of the molecule is OC1[C@H]2CC[C@@H]1[C@H]1C[C@H]12. The van der Waals surface area contributed by atoms with E-state index in [1.807, 2.05) is 0 Å². The first-order valence-electron chi connectivity index (χ1n) is 4.06. The summed E-state index contributed by atoms with van der Waals surface area (Å²) < 4.78 is 0. The number of hydrogen-bond acceptors (Lipinski definition) is 1. The van der Waals surface area contributed by atoms with Crippen LogP contribution in [0, 0.1) is 23.7 Å². The zero-order valence-electron chi connectivity index (χ0n) is 5.46. The minimum absolute atomic E-state index is 0.119. The highest BCUT2D eigenvalue weighted by molar-refractivity contribution is 5.11. The zero-order valence-corrected chi connectivity index (χ0v) is 5.46. The molecule has 3 saturated carbocycles. The molecule has 3 aliphatic rings. The van der Waals surface area contributed by atoms with Gasteiger partial charge in [0, 0.05) is 0 Å². The minimum Gasteiger partial charge on any atom is -0.393 e. The Hall–Kier alpha value is -0.0400. The zero-order chi connectivity index (χ0) is 6.01. The van der Waals surface area contributed by atoms with Crippen LogP contribution in [0.1, 0.15) is 19.3 Å². The van der Waals surface area contributed by atoms with Crippen molar-refractivity contribution in [3.05, 3.63) is 0 Å². The number of hydrogen-bond donors (Lipinski definition) is 1. The van der Waals surface area contributed by atoms with Crippen molar-refractivity contribution in [1.29, 1.82) is 0 Å². The van der Waals surface area contributed by atoms with Crippen LogP contribution in [0.15, 0.2) is 0 Å². The Kier molecular flexibility index (Phi) is 0.628. The Bertz CT molecular complexity index is 139. The van der Waals surface area contributed by atoms with Gasteiger partial charge < -0.3 is 5.11 Å². The molecule has 0 aromatic rings. The second-order valence-corrected chi connectivity index (χ2v) is 3.96. The molecule has 0 heterocycles. The van der Waals surface area contributed by atoms with Gasteiger partial charge in [-0.1, -0.05) is 0 Å². The molecular formula is C8H12O. The minimum atomic E-state index is 0.119. The quantitative estimate of drug-likeness (QED) is 0.511. The van der Waals surface area contributed by atoms with Crippen LogP contribution in [0.5, 0.6) is 0 Å². The van der Waals surface area contributed by atoms with E-state index in [0.717, 1.165) is 23.7 Å². The lowest BCUT2D eigenvalue weighted by atomic mass is 10.0. The predicted molar refractivity (Wildman–Crippen MR) is 33.8 cm³/mol. The van der Waals surface area contributed by atoms with Gasteiger partial charge in [0.15, 0.2) is 0 Å². The molecule has 0 spiro atoms. The molecule has 1 nitrogen and oxygen atoms in total. The van der Waals surface area contributed by atoms with Crippen LogP contribution in [0.25, 0.3) is 0 Å². The molecule has 1 heteroatoms. The normalized spacial score (nSPS) is 68.3. The fraction of sp³-hybridized carbons (Fsp3) is 1.00. The summed E-state index contributed by atoms with van der Waals surface area (Å²) in [5.74, 6) is 3.41. The van der Waals surface area contributed by atoms with E-state index >= 15 is 0 Å². The molecule has 0 aliphatic heterocycles. The summed E-state index contributed by atoms with van der Waals surface area (Å²) in [6, 6.07) is 0. The lowest BCUT2D eigenvalue weighted by Gasteiger charge is -2.09. The summed E-state index contributed by atoms with van der Waals surface area (Å²) in [4.78, 5) is 0. The van der Waals surface area contributed by atoms with Gasteiger partial charge in [-0.3, -0.25) is 0 Å². The van der Waals surface area contributed by atoms with Crippen LogP contribution < -0.4 is 0 Å². The van der Waals surface area contributed by atoms with E-state index in [9.17, 15) is 5.11 Å². The van der Waals surface area contributed by atoms with E-state index in [0.29, 0.717) is 0 Å². The highest BCUT2D eigenvalue weighted by Crippen LogP contribution is 2.65. The van der Waals surface area contributed by atoms with E-state index < -0.39 is 0 Å². The summed E-state index contributed by atoms with van der Waals surface area (Å²) in [5, 5.41) is 9.53. The molecule has 3 aliphatic carbocycles. The Morgan fingerprint density at radius 2 is 1.44 bits per heavy atom. The lowest BCUT2D eigenvalue weighted by molar-refractivity contribution is 0.108. The average molecular weight is 124 g/mol. The molecule has 1 N–H and O–H groups in total. The number of rotatable bonds is 0. The van der Waals surface area contributed by atoms with Crippen molar-refractivity contribution in [3.8, 4) is 0 Å². The number of fused-ring (bicyclic) bond motifs is 5. The molecule has 1 unspecified atom stereocenters. The van der Waals surface area contributed by atoms with Gasteiger partial charge in [0.1, 0.15) is 0 Å². The maximum atomic E-state index is 9.53. The van der Waals surface area contributed by atoms with Crippen LogP contribution in [0.3, 0.4) is 0 Å². The van der Waals surface area contributed by atoms with E-state index in [4.69, 9.17) is 0 Å².